The molecule has 0 aromatic carbocycles. The number of nitrogens with one attached hydrogen (secondary N) is 4. The molecule has 4 heterocycles. The topological polar surface area (TPSA) is 201 Å². The summed E-state index contributed by atoms with van der Waals surface area (Å²) in [4.78, 5) is 60.6. The Morgan fingerprint density at radius 2 is 1.91 bits per heavy atom. The fourth-order valence-electron chi connectivity index (χ4n) is 5.65. The van der Waals surface area contributed by atoms with Crippen molar-refractivity contribution in [3.8, 4) is 11.8 Å². The van der Waals surface area contributed by atoms with Gasteiger partial charge in [0.1, 0.15) is 36.4 Å². The van der Waals surface area contributed by atoms with Crippen LogP contribution in [0.5, 0.6) is 0 Å². The average Bonchev–Trinajstić information content (AvgIpc) is 3.83. The molecule has 3 fully saturated rings. The standard InChI is InChI=1S/C32H52N5O11P3S5/c1-31(2,3)55-54-19-44-22-13-26(46-23(22)15-45-50-48-51-47-49-42)37-14-20(28(39)36-30(37)41)9-8-12-43-18-53-56-32(4,5)17-33-25(38)11-7-6-10-24-27-21(16-52-24)34-29(40)35-27/h14,21-24,26-27,42,49-51H,6-7,10-13,15-19H2,1-5H3,(H,33,38)(H2,34,35,40)(H,36,39,41)/t21?,22-,23-,24?,26-,27?/m1/s1. The number of aromatic nitrogens is 2. The molecule has 1 aromatic rings. The van der Waals surface area contributed by atoms with Crippen molar-refractivity contribution in [2.24, 2.45) is 0 Å². The fraction of sp³-hybridized carbons (Fsp3) is 0.750. The molecule has 3 aliphatic heterocycles. The first-order valence-corrected chi connectivity index (χ1v) is 26.0. The Kier molecular flexibility index (Phi) is 21.5. The number of aromatic amines is 1. The van der Waals surface area contributed by atoms with Gasteiger partial charge in [-0.05, 0) is 26.7 Å². The molecule has 0 bridgehead atoms. The van der Waals surface area contributed by atoms with Gasteiger partial charge in [-0.15, -0.1) is 0 Å². The third kappa shape index (κ3) is 17.4. The second-order valence-electron chi connectivity index (χ2n) is 14.4. The number of unbranched alkanes of at least 4 members (excludes halogenated alkanes) is 1. The van der Waals surface area contributed by atoms with E-state index in [4.69, 9.17) is 32.2 Å². The first-order chi connectivity index (χ1) is 26.7. The van der Waals surface area contributed by atoms with E-state index in [2.05, 4.69) is 67.4 Å². The number of thioether (sulfide) groups is 1. The van der Waals surface area contributed by atoms with Crippen LogP contribution in [-0.2, 0) is 32.2 Å². The van der Waals surface area contributed by atoms with E-state index in [-0.39, 0.29) is 70.4 Å². The third-order valence-electron chi connectivity index (χ3n) is 8.18. The molecule has 0 spiro atoms. The van der Waals surface area contributed by atoms with Gasteiger partial charge in [-0.25, -0.2) is 9.59 Å². The van der Waals surface area contributed by atoms with Crippen molar-refractivity contribution < 1.29 is 41.8 Å². The van der Waals surface area contributed by atoms with Gasteiger partial charge in [-0.3, -0.25) is 27.8 Å². The number of amides is 3. The number of rotatable bonds is 24. The highest BCUT2D eigenvalue weighted by atomic mass is 33.1. The molecule has 5 N–H and O–H groups in total. The molecule has 316 valence electrons. The minimum atomic E-state index is -0.730. The van der Waals surface area contributed by atoms with Crippen LogP contribution in [0.3, 0.4) is 0 Å². The quantitative estimate of drug-likeness (QED) is 0.0225. The normalized spacial score (nSPS) is 24.0. The molecule has 6 unspecified atom stereocenters. The van der Waals surface area contributed by atoms with Crippen molar-refractivity contribution in [3.05, 3.63) is 32.6 Å². The zero-order valence-corrected chi connectivity index (χ0v) is 38.9. The van der Waals surface area contributed by atoms with Crippen molar-refractivity contribution in [3.63, 3.8) is 0 Å². The van der Waals surface area contributed by atoms with E-state index >= 15 is 0 Å². The van der Waals surface area contributed by atoms with Gasteiger partial charge in [0.15, 0.2) is 27.1 Å². The maximum atomic E-state index is 12.9. The first kappa shape index (κ1) is 48.4. The highest BCUT2D eigenvalue weighted by Crippen LogP contribution is 2.39. The molecule has 4 rings (SSSR count). The van der Waals surface area contributed by atoms with Crippen LogP contribution in [0.4, 0.5) is 4.79 Å². The Morgan fingerprint density at radius 3 is 2.70 bits per heavy atom. The summed E-state index contributed by atoms with van der Waals surface area (Å²) in [5.41, 5.74) is -1.14. The molecule has 3 aliphatic rings. The second kappa shape index (κ2) is 24.9. The molecule has 3 amide bonds. The Balaban J connectivity index is 1.16. The largest absolute Gasteiger partial charge is 0.364 e. The van der Waals surface area contributed by atoms with Gasteiger partial charge in [0, 0.05) is 46.1 Å². The molecule has 3 saturated heterocycles. The van der Waals surface area contributed by atoms with E-state index in [1.807, 2.05) is 11.8 Å². The van der Waals surface area contributed by atoms with Crippen LogP contribution in [-0.4, -0.2) is 103 Å². The highest BCUT2D eigenvalue weighted by Gasteiger charge is 2.42. The van der Waals surface area contributed by atoms with E-state index < -0.39 is 38.7 Å². The molecule has 0 radical (unpaired) electrons. The molecule has 1 aromatic heterocycles. The predicted octanol–water partition coefficient (Wildman–Crippen LogP) is 5.24. The minimum Gasteiger partial charge on any atom is -0.364 e. The molecule has 56 heavy (non-hydrogen) atoms. The summed E-state index contributed by atoms with van der Waals surface area (Å²) in [6.07, 6.45) is 3.30. The van der Waals surface area contributed by atoms with E-state index in [9.17, 15) is 19.2 Å². The SMILES string of the molecule is CC(C)(C)SSCO[C@@H]1C[C@H](n2cc(C#CCOCSSC(C)(C)CNC(=O)CCCCC3SCC4NC(=O)NC43)c(=O)[nH]c2=O)O[C@@H]1COPOPOPO. The number of hydrogen-bond donors (Lipinski definition) is 5. The summed E-state index contributed by atoms with van der Waals surface area (Å²) < 4.78 is 34.7. The van der Waals surface area contributed by atoms with E-state index in [1.54, 1.807) is 32.4 Å². The monoisotopic (exact) mass is 935 g/mol. The van der Waals surface area contributed by atoms with Gasteiger partial charge in [-0.1, -0.05) is 82.2 Å². The van der Waals surface area contributed by atoms with Gasteiger partial charge in [-0.2, -0.15) is 11.8 Å². The number of ether oxygens (including phenoxy) is 3. The molecular weight excluding hydrogens is 884 g/mol. The number of carbonyl (C=O) groups excluding carboxylic acids is 2. The zero-order valence-electron chi connectivity index (χ0n) is 31.8. The van der Waals surface area contributed by atoms with Gasteiger partial charge < -0.3 is 39.6 Å². The summed E-state index contributed by atoms with van der Waals surface area (Å²) >= 11 is 1.89. The lowest BCUT2D eigenvalue weighted by atomic mass is 10.0. The van der Waals surface area contributed by atoms with Crippen molar-refractivity contribution >= 4 is 94.0 Å². The summed E-state index contributed by atoms with van der Waals surface area (Å²) in [6, 6.07) is 0.328. The van der Waals surface area contributed by atoms with Crippen LogP contribution >= 0.6 is 82.0 Å². The van der Waals surface area contributed by atoms with Crippen LogP contribution in [0.2, 0.25) is 0 Å². The summed E-state index contributed by atoms with van der Waals surface area (Å²) in [5.74, 6) is 7.36. The van der Waals surface area contributed by atoms with E-state index in [1.165, 1.54) is 21.6 Å². The van der Waals surface area contributed by atoms with Crippen molar-refractivity contribution in [1.82, 2.24) is 25.5 Å². The Hall–Kier alpha value is -0.260. The zero-order chi connectivity index (χ0) is 40.6. The first-order valence-electron chi connectivity index (χ1n) is 17.8. The van der Waals surface area contributed by atoms with Crippen LogP contribution in [0.15, 0.2) is 15.8 Å². The molecule has 24 heteroatoms. The van der Waals surface area contributed by atoms with Crippen molar-refractivity contribution in [2.75, 3.05) is 37.4 Å². The lowest BCUT2D eigenvalue weighted by Gasteiger charge is -2.23. The molecular formula is C32H52N5O11P3S5. The fourth-order valence-corrected chi connectivity index (χ4v) is 12.6. The van der Waals surface area contributed by atoms with Crippen molar-refractivity contribution in [1.29, 1.82) is 0 Å². The van der Waals surface area contributed by atoms with Gasteiger partial charge in [0.2, 0.25) is 5.91 Å². The van der Waals surface area contributed by atoms with Crippen LogP contribution in [0, 0.1) is 11.8 Å². The number of H-pyrrole nitrogens is 1. The predicted molar refractivity (Wildman–Crippen MR) is 234 cm³/mol. The van der Waals surface area contributed by atoms with Crippen LogP contribution < -0.4 is 27.2 Å². The molecule has 16 nitrogen and oxygen atoms in total. The maximum Gasteiger partial charge on any atom is 0.330 e. The second-order valence-corrected chi connectivity index (χ2v) is 24.1. The van der Waals surface area contributed by atoms with E-state index in [0.717, 1.165) is 25.0 Å². The average molecular weight is 936 g/mol. The summed E-state index contributed by atoms with van der Waals surface area (Å²) in [6.45, 7) is 11.2. The Bertz CT molecular complexity index is 1600. The summed E-state index contributed by atoms with van der Waals surface area (Å²) in [7, 11) is 5.03. The summed E-state index contributed by atoms with van der Waals surface area (Å²) in [5, 5.41) is 9.41. The number of carbonyl (C=O) groups is 2. The lowest BCUT2D eigenvalue weighted by Crippen LogP contribution is -2.37. The Morgan fingerprint density at radius 1 is 1.11 bits per heavy atom. The highest BCUT2D eigenvalue weighted by molar-refractivity contribution is 8.77. The smallest absolute Gasteiger partial charge is 0.330 e. The lowest BCUT2D eigenvalue weighted by molar-refractivity contribution is -0.121. The van der Waals surface area contributed by atoms with Gasteiger partial charge in [0.05, 0.1) is 24.8 Å². The van der Waals surface area contributed by atoms with Crippen LogP contribution in [0.25, 0.3) is 0 Å². The van der Waals surface area contributed by atoms with Gasteiger partial charge >= 0.3 is 11.7 Å². The Labute approximate surface area is 353 Å². The number of fused-ring (bicyclic) bond motifs is 1. The molecule has 9 atom stereocenters. The number of hydrogen-bond acceptors (Lipinski definition) is 16. The van der Waals surface area contributed by atoms with Crippen LogP contribution in [0.1, 0.15) is 78.5 Å². The van der Waals surface area contributed by atoms with Gasteiger partial charge in [0.25, 0.3) is 5.56 Å². The third-order valence-corrected chi connectivity index (χ3v) is 17.3. The molecule has 0 saturated carbocycles. The van der Waals surface area contributed by atoms with Crippen molar-refractivity contribution in [2.45, 2.75) is 112 Å². The molecule has 0 aliphatic carbocycles. The minimum absolute atomic E-state index is 0.0312. The maximum absolute atomic E-state index is 12.9. The number of nitrogens with zero attached hydrogens (tertiary/aromatic N) is 1. The van der Waals surface area contributed by atoms with E-state index in [0.29, 0.717) is 36.5 Å². The number of urea groups is 1.